The molecule has 0 aliphatic rings. The molecule has 0 aromatic heterocycles. The highest BCUT2D eigenvalue weighted by Gasteiger charge is 2.09. The number of carbonyl (C=O) groups excluding carboxylic acids is 1. The Kier molecular flexibility index (Phi) is 9.14. The van der Waals surface area contributed by atoms with Gasteiger partial charge in [0.1, 0.15) is 23.9 Å². The first-order valence-electron chi connectivity index (χ1n) is 11.3. The summed E-state index contributed by atoms with van der Waals surface area (Å²) in [5.74, 6) is 1.96. The Labute approximate surface area is 191 Å². The normalized spacial score (nSPS) is 10.7. The molecule has 1 N–H and O–H groups in total. The molecule has 1 amide bonds. The zero-order chi connectivity index (χ0) is 22.6. The van der Waals surface area contributed by atoms with Crippen LogP contribution in [0.4, 0.5) is 5.69 Å². The highest BCUT2D eigenvalue weighted by atomic mass is 16.5. The van der Waals surface area contributed by atoms with E-state index in [4.69, 9.17) is 9.47 Å². The molecule has 0 radical (unpaired) electrons. The number of ether oxygens (including phenoxy) is 2. The van der Waals surface area contributed by atoms with E-state index < -0.39 is 0 Å². The SMILES string of the molecule is CCCN(CCC)CCOc1ccc(NC(=O)c2cccc(Oc3ccccc3)c2)cc1. The molecule has 5 heteroatoms. The van der Waals surface area contributed by atoms with Crippen LogP contribution in [0.5, 0.6) is 17.2 Å². The second-order valence-electron chi connectivity index (χ2n) is 7.61. The van der Waals surface area contributed by atoms with Gasteiger partial charge in [-0.25, -0.2) is 0 Å². The van der Waals surface area contributed by atoms with Gasteiger partial charge in [0, 0.05) is 17.8 Å². The highest BCUT2D eigenvalue weighted by molar-refractivity contribution is 6.04. The third-order valence-corrected chi connectivity index (χ3v) is 4.94. The Morgan fingerprint density at radius 2 is 1.47 bits per heavy atom. The van der Waals surface area contributed by atoms with Gasteiger partial charge in [0.05, 0.1) is 0 Å². The lowest BCUT2D eigenvalue weighted by Gasteiger charge is -2.20. The van der Waals surface area contributed by atoms with Crippen LogP contribution in [0.1, 0.15) is 37.0 Å². The fourth-order valence-electron chi connectivity index (χ4n) is 3.42. The van der Waals surface area contributed by atoms with Crippen LogP contribution in [0.15, 0.2) is 78.9 Å². The first-order chi connectivity index (χ1) is 15.7. The second-order valence-corrected chi connectivity index (χ2v) is 7.61. The molecule has 0 unspecified atom stereocenters. The van der Waals surface area contributed by atoms with Gasteiger partial charge in [-0.05, 0) is 80.5 Å². The van der Waals surface area contributed by atoms with Crippen molar-refractivity contribution in [2.45, 2.75) is 26.7 Å². The maximum absolute atomic E-state index is 12.7. The standard InChI is InChI=1S/C27H32N2O3/c1-3-17-29(18-4-2)19-20-31-24-15-13-23(14-16-24)28-27(30)22-9-8-12-26(21-22)32-25-10-6-5-7-11-25/h5-16,21H,3-4,17-20H2,1-2H3,(H,28,30). The van der Waals surface area contributed by atoms with Gasteiger partial charge in [0.25, 0.3) is 5.91 Å². The van der Waals surface area contributed by atoms with Crippen molar-refractivity contribution in [3.8, 4) is 17.2 Å². The van der Waals surface area contributed by atoms with Crippen LogP contribution in [0.2, 0.25) is 0 Å². The van der Waals surface area contributed by atoms with Crippen molar-refractivity contribution in [2.24, 2.45) is 0 Å². The molecule has 0 aliphatic carbocycles. The van der Waals surface area contributed by atoms with Crippen molar-refractivity contribution in [3.05, 3.63) is 84.4 Å². The average Bonchev–Trinajstić information content (AvgIpc) is 2.81. The van der Waals surface area contributed by atoms with E-state index in [0.29, 0.717) is 17.9 Å². The predicted octanol–water partition coefficient (Wildman–Crippen LogP) is 6.23. The third-order valence-electron chi connectivity index (χ3n) is 4.94. The van der Waals surface area contributed by atoms with Crippen LogP contribution in [-0.2, 0) is 0 Å². The van der Waals surface area contributed by atoms with E-state index in [1.165, 1.54) is 0 Å². The Morgan fingerprint density at radius 1 is 0.781 bits per heavy atom. The van der Waals surface area contributed by atoms with E-state index in [-0.39, 0.29) is 5.91 Å². The summed E-state index contributed by atoms with van der Waals surface area (Å²) in [6, 6.07) is 24.1. The number of anilines is 1. The van der Waals surface area contributed by atoms with Crippen LogP contribution in [0.25, 0.3) is 0 Å². The van der Waals surface area contributed by atoms with E-state index in [0.717, 1.165) is 49.7 Å². The summed E-state index contributed by atoms with van der Waals surface area (Å²) in [7, 11) is 0. The van der Waals surface area contributed by atoms with Gasteiger partial charge in [0.15, 0.2) is 0 Å². The highest BCUT2D eigenvalue weighted by Crippen LogP contribution is 2.23. The molecule has 0 bridgehead atoms. The molecule has 0 saturated heterocycles. The zero-order valence-corrected chi connectivity index (χ0v) is 18.9. The minimum Gasteiger partial charge on any atom is -0.492 e. The van der Waals surface area contributed by atoms with Crippen molar-refractivity contribution >= 4 is 11.6 Å². The summed E-state index contributed by atoms with van der Waals surface area (Å²) in [6.45, 7) is 8.16. The van der Waals surface area contributed by atoms with Gasteiger partial charge in [-0.3, -0.25) is 9.69 Å². The van der Waals surface area contributed by atoms with Crippen molar-refractivity contribution < 1.29 is 14.3 Å². The number of para-hydroxylation sites is 1. The first kappa shape index (κ1) is 23.4. The van der Waals surface area contributed by atoms with Gasteiger partial charge >= 0.3 is 0 Å². The molecular weight excluding hydrogens is 400 g/mol. The van der Waals surface area contributed by atoms with E-state index >= 15 is 0 Å². The van der Waals surface area contributed by atoms with Crippen molar-refractivity contribution in [1.29, 1.82) is 0 Å². The van der Waals surface area contributed by atoms with Gasteiger partial charge in [-0.1, -0.05) is 38.1 Å². The molecule has 5 nitrogen and oxygen atoms in total. The summed E-state index contributed by atoms with van der Waals surface area (Å²) in [6.07, 6.45) is 2.30. The maximum Gasteiger partial charge on any atom is 0.255 e. The van der Waals surface area contributed by atoms with Crippen LogP contribution in [-0.4, -0.2) is 37.0 Å². The fraction of sp³-hybridized carbons (Fsp3) is 0.296. The first-order valence-corrected chi connectivity index (χ1v) is 11.3. The third kappa shape index (κ3) is 7.43. The lowest BCUT2D eigenvalue weighted by Crippen LogP contribution is -2.30. The number of carbonyl (C=O) groups is 1. The molecule has 0 fully saturated rings. The van der Waals surface area contributed by atoms with Crippen molar-refractivity contribution in [3.63, 3.8) is 0 Å². The van der Waals surface area contributed by atoms with E-state index in [9.17, 15) is 4.79 Å². The summed E-state index contributed by atoms with van der Waals surface area (Å²) < 4.78 is 11.7. The largest absolute Gasteiger partial charge is 0.492 e. The molecule has 0 spiro atoms. The Bertz CT molecular complexity index is 952. The second kappa shape index (κ2) is 12.5. The maximum atomic E-state index is 12.7. The molecular formula is C27H32N2O3. The quantitative estimate of drug-likeness (QED) is 0.368. The van der Waals surface area contributed by atoms with E-state index in [2.05, 4.69) is 24.1 Å². The smallest absolute Gasteiger partial charge is 0.255 e. The number of nitrogens with zero attached hydrogens (tertiary/aromatic N) is 1. The molecule has 0 atom stereocenters. The summed E-state index contributed by atoms with van der Waals surface area (Å²) in [5, 5.41) is 2.93. The van der Waals surface area contributed by atoms with Crippen molar-refractivity contribution in [2.75, 3.05) is 31.6 Å². The van der Waals surface area contributed by atoms with Crippen LogP contribution < -0.4 is 14.8 Å². The molecule has 0 heterocycles. The van der Waals surface area contributed by atoms with Crippen LogP contribution >= 0.6 is 0 Å². The topological polar surface area (TPSA) is 50.8 Å². The van der Waals surface area contributed by atoms with E-state index in [1.807, 2.05) is 66.7 Å². The molecule has 3 aromatic rings. The Balaban J connectivity index is 1.52. The Hall–Kier alpha value is -3.31. The van der Waals surface area contributed by atoms with Gasteiger partial charge in [-0.2, -0.15) is 0 Å². The number of nitrogens with one attached hydrogen (secondary N) is 1. The van der Waals surface area contributed by atoms with Gasteiger partial charge in [-0.15, -0.1) is 0 Å². The molecule has 3 aromatic carbocycles. The minimum atomic E-state index is -0.188. The van der Waals surface area contributed by atoms with Gasteiger partial charge < -0.3 is 14.8 Å². The minimum absolute atomic E-state index is 0.188. The monoisotopic (exact) mass is 432 g/mol. The molecule has 32 heavy (non-hydrogen) atoms. The predicted molar refractivity (Wildman–Crippen MR) is 130 cm³/mol. The lowest BCUT2D eigenvalue weighted by atomic mass is 10.2. The molecule has 0 aliphatic heterocycles. The number of benzene rings is 3. The number of hydrogen-bond donors (Lipinski definition) is 1. The number of amides is 1. The molecule has 3 rings (SSSR count). The number of hydrogen-bond acceptors (Lipinski definition) is 4. The Morgan fingerprint density at radius 3 is 2.16 bits per heavy atom. The summed E-state index contributed by atoms with van der Waals surface area (Å²) >= 11 is 0. The zero-order valence-electron chi connectivity index (χ0n) is 18.9. The summed E-state index contributed by atoms with van der Waals surface area (Å²) in [4.78, 5) is 15.1. The van der Waals surface area contributed by atoms with E-state index in [1.54, 1.807) is 12.1 Å². The summed E-state index contributed by atoms with van der Waals surface area (Å²) in [5.41, 5.74) is 1.25. The molecule has 168 valence electrons. The van der Waals surface area contributed by atoms with Crippen LogP contribution in [0, 0.1) is 0 Å². The average molecular weight is 433 g/mol. The fourth-order valence-corrected chi connectivity index (χ4v) is 3.42. The van der Waals surface area contributed by atoms with Crippen LogP contribution in [0.3, 0.4) is 0 Å². The molecule has 0 saturated carbocycles. The van der Waals surface area contributed by atoms with Crippen molar-refractivity contribution in [1.82, 2.24) is 4.90 Å². The van der Waals surface area contributed by atoms with Gasteiger partial charge in [0.2, 0.25) is 0 Å². The lowest BCUT2D eigenvalue weighted by molar-refractivity contribution is 0.102. The number of rotatable bonds is 12.